The molecule has 14 aromatic carbocycles. The van der Waals surface area contributed by atoms with Crippen LogP contribution in [0.4, 0.5) is 35.1 Å². The van der Waals surface area contributed by atoms with E-state index in [1.165, 1.54) is 12.1 Å². The molecule has 0 fully saturated rings. The van der Waals surface area contributed by atoms with E-state index in [-0.39, 0.29) is 16.3 Å². The van der Waals surface area contributed by atoms with Crippen molar-refractivity contribution >= 4 is 136 Å². The number of hydrogen-bond donors (Lipinski definition) is 0. The van der Waals surface area contributed by atoms with Crippen LogP contribution in [0, 0.1) is 46.5 Å². The number of halogens is 8. The minimum absolute atomic E-state index is 0.0767. The van der Waals surface area contributed by atoms with Gasteiger partial charge in [-0.3, -0.25) is 0 Å². The third kappa shape index (κ3) is 11.9. The number of para-hydroxylation sites is 4. The van der Waals surface area contributed by atoms with Crippen molar-refractivity contribution in [2.24, 2.45) is 0 Å². The van der Waals surface area contributed by atoms with E-state index in [1.807, 2.05) is 164 Å². The topological polar surface area (TPSA) is 78.1 Å². The summed E-state index contributed by atoms with van der Waals surface area (Å²) >= 11 is 0. The van der Waals surface area contributed by atoms with Crippen LogP contribution in [0.25, 0.3) is 55.0 Å². The normalized spacial score (nSPS) is 12.1. The summed E-state index contributed by atoms with van der Waals surface area (Å²) in [6.07, 6.45) is 0. The van der Waals surface area contributed by atoms with Gasteiger partial charge in [0.2, 0.25) is 0 Å². The molecule has 2 heterocycles. The van der Waals surface area contributed by atoms with Gasteiger partial charge in [-0.1, -0.05) is 194 Å². The van der Waals surface area contributed by atoms with Crippen LogP contribution >= 0.6 is 28.6 Å². The van der Waals surface area contributed by atoms with E-state index in [0.717, 1.165) is 114 Å². The van der Waals surface area contributed by atoms with E-state index in [9.17, 15) is 35.1 Å². The molecule has 0 N–H and O–H groups in total. The first-order valence-electron chi connectivity index (χ1n) is 32.1. The summed E-state index contributed by atoms with van der Waals surface area (Å²) in [5.74, 6) is -9.43. The number of nitrogens with zero attached hydrogens (tertiary/aromatic N) is 2. The average molecular weight is 1430 g/mol. The highest BCUT2D eigenvalue weighted by molar-refractivity contribution is 7.87. The van der Waals surface area contributed by atoms with Crippen LogP contribution in [0.5, 0.6) is 0 Å². The number of fused-ring (bicyclic) bond motifs is 6. The maximum atomic E-state index is 15.9. The molecule has 0 bridgehead atoms. The Morgan fingerprint density at radius 1 is 0.176 bits per heavy atom. The van der Waals surface area contributed by atoms with Crippen molar-refractivity contribution in [3.8, 4) is 11.4 Å². The first kappa shape index (κ1) is 66.9. The highest BCUT2D eigenvalue weighted by Gasteiger charge is 2.40. The smallest absolute Gasteiger partial charge is 0.171 e. The molecule has 0 radical (unpaired) electrons. The summed E-state index contributed by atoms with van der Waals surface area (Å²) in [6, 6.07) is 87.1. The Hall–Kier alpha value is -11.0. The van der Waals surface area contributed by atoms with Crippen molar-refractivity contribution in [2.45, 2.75) is 0 Å². The average Bonchev–Trinajstić information content (AvgIpc) is 1.22. The zero-order valence-electron chi connectivity index (χ0n) is 53.5. The molecule has 0 spiro atoms. The number of hydrogen-bond acceptors (Lipinski definition) is 4. The Bertz CT molecular complexity index is 5540. The van der Waals surface area contributed by atoms with Gasteiger partial charge in [-0.15, -0.1) is 0 Å². The van der Waals surface area contributed by atoms with Gasteiger partial charge < -0.3 is 27.4 Å². The zero-order chi connectivity index (χ0) is 70.7. The van der Waals surface area contributed by atoms with E-state index in [2.05, 4.69) is 41.0 Å². The van der Waals surface area contributed by atoms with E-state index in [4.69, 9.17) is 0 Å². The molecule has 0 aliphatic carbocycles. The summed E-state index contributed by atoms with van der Waals surface area (Å²) in [6.45, 7) is 0. The largest absolute Gasteiger partial charge is 0.309 e. The number of rotatable bonds is 14. The molecule has 0 aliphatic rings. The Morgan fingerprint density at radius 2 is 0.343 bits per heavy atom. The van der Waals surface area contributed by atoms with Crippen LogP contribution in [-0.4, -0.2) is 9.13 Å². The lowest BCUT2D eigenvalue weighted by Crippen LogP contribution is -2.32. The van der Waals surface area contributed by atoms with Crippen LogP contribution in [0.2, 0.25) is 0 Å². The monoisotopic (exact) mass is 1430 g/mol. The molecule has 0 unspecified atom stereocenters. The highest BCUT2D eigenvalue weighted by atomic mass is 31.2. The zero-order valence-corrected chi connectivity index (χ0v) is 57.1. The number of aromatic nitrogens is 2. The van der Waals surface area contributed by atoms with Gasteiger partial charge in [-0.2, -0.15) is 0 Å². The van der Waals surface area contributed by atoms with Crippen LogP contribution in [-0.2, 0) is 18.3 Å². The third-order valence-corrected chi connectivity index (χ3v) is 30.2. The summed E-state index contributed by atoms with van der Waals surface area (Å²) < 4.78 is 187. The van der Waals surface area contributed by atoms with Crippen molar-refractivity contribution in [1.82, 2.24) is 9.13 Å². The minimum Gasteiger partial charge on any atom is -0.309 e. The first-order chi connectivity index (χ1) is 49.3. The first-order valence-corrected chi connectivity index (χ1v) is 38.9. The fourth-order valence-corrected chi connectivity index (χ4v) is 24.9. The maximum absolute atomic E-state index is 15.9. The summed E-state index contributed by atoms with van der Waals surface area (Å²) in [5.41, 5.74) is 4.06. The van der Waals surface area contributed by atoms with Gasteiger partial charge >= 0.3 is 0 Å². The molecule has 16 aromatic rings. The second-order valence-electron chi connectivity index (χ2n) is 24.4. The maximum Gasteiger partial charge on any atom is 0.171 e. The van der Waals surface area contributed by atoms with Crippen LogP contribution < -0.4 is 63.7 Å². The lowest BCUT2D eigenvalue weighted by molar-refractivity contribution is 0.578. The van der Waals surface area contributed by atoms with Gasteiger partial charge in [0.05, 0.1) is 22.1 Å². The number of benzene rings is 14. The lowest BCUT2D eigenvalue weighted by Gasteiger charge is -2.26. The van der Waals surface area contributed by atoms with E-state index >= 15 is 18.3 Å². The Balaban J connectivity index is 0.000000167. The Kier molecular flexibility index (Phi) is 17.6. The van der Waals surface area contributed by atoms with Gasteiger partial charge in [0.1, 0.15) is 46.5 Å². The third-order valence-electron chi connectivity index (χ3n) is 18.2. The Labute approximate surface area is 580 Å². The lowest BCUT2D eigenvalue weighted by atomic mass is 10.2. The summed E-state index contributed by atoms with van der Waals surface area (Å²) in [4.78, 5) is 0. The van der Waals surface area contributed by atoms with Gasteiger partial charge in [0.15, 0.2) is 28.6 Å². The van der Waals surface area contributed by atoms with E-state index < -0.39 is 96.3 Å². The second-order valence-corrected chi connectivity index (χ2v) is 35.5. The molecule has 0 aliphatic heterocycles. The molecular formula is C84H54F8N2O4P4. The molecule has 2 aromatic heterocycles. The Morgan fingerprint density at radius 3 is 0.549 bits per heavy atom. The fraction of sp³-hybridized carbons (Fsp3) is 0. The van der Waals surface area contributed by atoms with Crippen LogP contribution in [0.3, 0.4) is 0 Å². The summed E-state index contributed by atoms with van der Waals surface area (Å²) in [5, 5.41) is 4.92. The van der Waals surface area contributed by atoms with Crippen LogP contribution in [0.1, 0.15) is 0 Å². The van der Waals surface area contributed by atoms with Gasteiger partial charge in [-0.25, -0.2) is 35.1 Å². The predicted molar refractivity (Wildman–Crippen MR) is 399 cm³/mol. The van der Waals surface area contributed by atoms with Gasteiger partial charge in [0, 0.05) is 121 Å². The fourth-order valence-electron chi connectivity index (χ4n) is 13.8. The SMILES string of the molecule is O=P(c1cc(F)cc(F)c1)(c1cc(F)cc(F)c1)c1cc(-n2c3ccccc3c3ccccc32)cc(P(=O)(c2cc(F)cc(F)c2)c2cc(F)cc(F)c2)c1.O=P(c1ccccc1)(c1ccccc1)c1cc(-n2c3ccccc3c3ccccc32)cc(P(=O)(c2ccccc2)c2ccccc2)c1. The molecular weight excluding hydrogens is 1380 g/mol. The minimum atomic E-state index is -4.84. The van der Waals surface area contributed by atoms with E-state index in [0.29, 0.717) is 45.9 Å². The van der Waals surface area contributed by atoms with Crippen molar-refractivity contribution in [2.75, 3.05) is 0 Å². The molecule has 0 saturated heterocycles. The molecule has 0 atom stereocenters. The van der Waals surface area contributed by atoms with Crippen LogP contribution in [0.15, 0.2) is 328 Å². The van der Waals surface area contributed by atoms with Crippen molar-refractivity contribution in [3.05, 3.63) is 374 Å². The van der Waals surface area contributed by atoms with Crippen molar-refractivity contribution in [1.29, 1.82) is 0 Å². The van der Waals surface area contributed by atoms with Crippen molar-refractivity contribution < 1.29 is 53.4 Å². The molecule has 18 heteroatoms. The molecule has 16 rings (SSSR count). The standard InChI is InChI=1S/C42H23F8NO2P2.C42H31NO2P2/c43-24-9-25(44)14-33(13-24)54(52,34-15-26(45)10-27(46)16-34)37-21-32(51-41-7-3-1-5-39(41)40-6-2-4-8-42(40)51)22-38(23-37)55(53,35-17-28(47)11-29(48)18-35)36-19-30(49)12-31(50)20-36;44-46(33-17-5-1-6-18-33,34-19-7-2-8-20-34)37-29-32(43-41-27-15-13-25-39(41)40-26-14-16-28-42(40)43)30-38(31-37)47(45,35-21-9-3-10-22-35)36-23-11-4-12-24-36/h1-23H;1-31H. The second kappa shape index (κ2) is 26.9. The molecule has 0 saturated carbocycles. The molecule has 102 heavy (non-hydrogen) atoms. The molecule has 6 nitrogen and oxygen atoms in total. The van der Waals surface area contributed by atoms with Gasteiger partial charge in [-0.05, 0) is 109 Å². The molecule has 500 valence electrons. The predicted octanol–water partition coefficient (Wildman–Crippen LogP) is 17.2. The highest BCUT2D eigenvalue weighted by Crippen LogP contribution is 2.50. The molecule has 0 amide bonds. The van der Waals surface area contributed by atoms with Crippen molar-refractivity contribution in [3.63, 3.8) is 0 Å². The van der Waals surface area contributed by atoms with E-state index in [1.54, 1.807) is 41.0 Å². The summed E-state index contributed by atoms with van der Waals surface area (Å²) in [7, 11) is -16.6. The quantitative estimate of drug-likeness (QED) is 0.0803. The van der Waals surface area contributed by atoms with Gasteiger partial charge in [0.25, 0.3) is 0 Å².